The summed E-state index contributed by atoms with van der Waals surface area (Å²) in [5.41, 5.74) is 3.80. The van der Waals surface area contributed by atoms with Crippen LogP contribution < -0.4 is 0 Å². The molecule has 26 heavy (non-hydrogen) atoms. The van der Waals surface area contributed by atoms with Crippen molar-refractivity contribution < 1.29 is 4.79 Å². The lowest BCUT2D eigenvalue weighted by Gasteiger charge is -2.21. The summed E-state index contributed by atoms with van der Waals surface area (Å²) in [6.45, 7) is 5.44. The molecule has 1 N–H and O–H groups in total. The van der Waals surface area contributed by atoms with Gasteiger partial charge in [-0.25, -0.2) is 0 Å². The minimum atomic E-state index is 0.0782. The number of aromatic amines is 1. The maximum Gasteiger partial charge on any atom is 0.254 e. The number of aromatic nitrogens is 1. The second-order valence-corrected chi connectivity index (χ2v) is 6.46. The first-order valence-electron chi connectivity index (χ1n) is 9.12. The molecule has 0 saturated heterocycles. The Bertz CT molecular complexity index is 1060. The largest absolute Gasteiger partial charge is 0.354 e. The molecule has 0 aliphatic rings. The van der Waals surface area contributed by atoms with Crippen LogP contribution in [0.1, 0.15) is 24.2 Å². The zero-order chi connectivity index (χ0) is 18.1. The van der Waals surface area contributed by atoms with Gasteiger partial charge in [0.2, 0.25) is 0 Å². The van der Waals surface area contributed by atoms with E-state index in [1.165, 1.54) is 0 Å². The molecule has 0 spiro atoms. The highest BCUT2D eigenvalue weighted by Crippen LogP contribution is 2.34. The molecule has 0 saturated carbocycles. The maximum atomic E-state index is 13.2. The molecule has 1 aromatic heterocycles. The van der Waals surface area contributed by atoms with Gasteiger partial charge in [-0.3, -0.25) is 4.79 Å². The molecule has 0 unspecified atom stereocenters. The van der Waals surface area contributed by atoms with Crippen molar-refractivity contribution in [1.82, 2.24) is 9.88 Å². The Morgan fingerprint density at radius 3 is 2.31 bits per heavy atom. The summed E-state index contributed by atoms with van der Waals surface area (Å²) in [5, 5.41) is 3.38. The molecular formula is C23H22N2O. The summed E-state index contributed by atoms with van der Waals surface area (Å²) >= 11 is 0. The smallest absolute Gasteiger partial charge is 0.254 e. The standard InChI is InChI=1S/C23H22N2O/c1-3-25(4-2)23(26)19-14-13-16-9-5-7-11-18(16)22(19)21-15-17-10-6-8-12-20(17)24-21/h5-15,24H,3-4H2,1-2H3. The molecule has 0 aliphatic heterocycles. The number of benzene rings is 3. The number of hydrogen-bond acceptors (Lipinski definition) is 1. The van der Waals surface area contributed by atoms with Crippen LogP contribution in [-0.4, -0.2) is 28.9 Å². The molecule has 0 fully saturated rings. The van der Waals surface area contributed by atoms with E-state index in [0.29, 0.717) is 13.1 Å². The van der Waals surface area contributed by atoms with Crippen molar-refractivity contribution in [2.24, 2.45) is 0 Å². The van der Waals surface area contributed by atoms with Crippen LogP contribution in [0.2, 0.25) is 0 Å². The lowest BCUT2D eigenvalue weighted by atomic mass is 9.95. The number of rotatable bonds is 4. The molecule has 1 amide bonds. The number of amides is 1. The van der Waals surface area contributed by atoms with Gasteiger partial charge >= 0.3 is 0 Å². The number of hydrogen-bond donors (Lipinski definition) is 1. The minimum Gasteiger partial charge on any atom is -0.354 e. The predicted molar refractivity (Wildman–Crippen MR) is 108 cm³/mol. The molecular weight excluding hydrogens is 320 g/mol. The highest BCUT2D eigenvalue weighted by molar-refractivity contribution is 6.10. The van der Waals surface area contributed by atoms with Gasteiger partial charge in [0.25, 0.3) is 5.91 Å². The minimum absolute atomic E-state index is 0.0782. The SMILES string of the molecule is CCN(CC)C(=O)c1ccc2ccccc2c1-c1cc2ccccc2[nH]1. The predicted octanol–water partition coefficient (Wildman–Crippen LogP) is 5.47. The monoisotopic (exact) mass is 342 g/mol. The summed E-state index contributed by atoms with van der Waals surface area (Å²) in [4.78, 5) is 18.5. The number of nitrogens with zero attached hydrogens (tertiary/aromatic N) is 1. The fraction of sp³-hybridized carbons (Fsp3) is 0.174. The summed E-state index contributed by atoms with van der Waals surface area (Å²) in [7, 11) is 0. The van der Waals surface area contributed by atoms with Crippen LogP contribution in [0.5, 0.6) is 0 Å². The Labute approximate surface area is 153 Å². The number of H-pyrrole nitrogens is 1. The summed E-state index contributed by atoms with van der Waals surface area (Å²) in [5.74, 6) is 0.0782. The fourth-order valence-corrected chi connectivity index (χ4v) is 3.63. The lowest BCUT2D eigenvalue weighted by Crippen LogP contribution is -2.30. The van der Waals surface area contributed by atoms with E-state index in [1.54, 1.807) is 0 Å². The molecule has 0 aliphatic carbocycles. The van der Waals surface area contributed by atoms with Crippen molar-refractivity contribution in [2.75, 3.05) is 13.1 Å². The van der Waals surface area contributed by atoms with Gasteiger partial charge in [0, 0.05) is 40.8 Å². The molecule has 1 heterocycles. The van der Waals surface area contributed by atoms with Gasteiger partial charge in [-0.1, -0.05) is 48.5 Å². The fourth-order valence-electron chi connectivity index (χ4n) is 3.63. The number of carbonyl (C=O) groups excluding carboxylic acids is 1. The topological polar surface area (TPSA) is 36.1 Å². The molecule has 4 rings (SSSR count). The van der Waals surface area contributed by atoms with E-state index in [9.17, 15) is 4.79 Å². The van der Waals surface area contributed by atoms with Crippen molar-refractivity contribution in [2.45, 2.75) is 13.8 Å². The third-order valence-corrected chi connectivity index (χ3v) is 5.01. The van der Waals surface area contributed by atoms with Crippen molar-refractivity contribution in [3.05, 3.63) is 72.3 Å². The molecule has 130 valence electrons. The van der Waals surface area contributed by atoms with Crippen LogP contribution in [0, 0.1) is 0 Å². The Kier molecular flexibility index (Phi) is 4.21. The van der Waals surface area contributed by atoms with Gasteiger partial charge in [-0.05, 0) is 42.8 Å². The normalized spacial score (nSPS) is 11.2. The van der Waals surface area contributed by atoms with Crippen molar-refractivity contribution in [3.8, 4) is 11.3 Å². The van der Waals surface area contributed by atoms with Crippen molar-refractivity contribution in [1.29, 1.82) is 0 Å². The van der Waals surface area contributed by atoms with Crippen molar-refractivity contribution in [3.63, 3.8) is 0 Å². The first-order valence-corrected chi connectivity index (χ1v) is 9.12. The zero-order valence-electron chi connectivity index (χ0n) is 15.1. The van der Waals surface area contributed by atoms with Gasteiger partial charge in [0.1, 0.15) is 0 Å². The van der Waals surface area contributed by atoms with E-state index in [2.05, 4.69) is 35.3 Å². The number of nitrogens with one attached hydrogen (secondary N) is 1. The second kappa shape index (κ2) is 6.68. The number of fused-ring (bicyclic) bond motifs is 2. The second-order valence-electron chi connectivity index (χ2n) is 6.46. The molecule has 3 aromatic carbocycles. The zero-order valence-corrected chi connectivity index (χ0v) is 15.1. The first-order chi connectivity index (χ1) is 12.7. The van der Waals surface area contributed by atoms with Crippen LogP contribution in [0.15, 0.2) is 66.7 Å². The number of para-hydroxylation sites is 1. The van der Waals surface area contributed by atoms with Crippen LogP contribution in [0.3, 0.4) is 0 Å². The Hall–Kier alpha value is -3.07. The van der Waals surface area contributed by atoms with Gasteiger partial charge in [-0.15, -0.1) is 0 Å². The van der Waals surface area contributed by atoms with Gasteiger partial charge < -0.3 is 9.88 Å². The Balaban J connectivity index is 2.01. The summed E-state index contributed by atoms with van der Waals surface area (Å²) < 4.78 is 0. The van der Waals surface area contributed by atoms with Gasteiger partial charge in [-0.2, -0.15) is 0 Å². The van der Waals surface area contributed by atoms with Crippen LogP contribution in [-0.2, 0) is 0 Å². The van der Waals surface area contributed by atoms with Gasteiger partial charge in [0.15, 0.2) is 0 Å². The molecule has 3 heteroatoms. The third kappa shape index (κ3) is 2.66. The van der Waals surface area contributed by atoms with E-state index in [0.717, 1.165) is 38.5 Å². The summed E-state index contributed by atoms with van der Waals surface area (Å²) in [6, 6.07) is 22.6. The molecule has 3 nitrogen and oxygen atoms in total. The quantitative estimate of drug-likeness (QED) is 0.524. The summed E-state index contributed by atoms with van der Waals surface area (Å²) in [6.07, 6.45) is 0. The van der Waals surface area contributed by atoms with Crippen LogP contribution >= 0.6 is 0 Å². The Morgan fingerprint density at radius 2 is 1.58 bits per heavy atom. The van der Waals surface area contributed by atoms with Crippen LogP contribution in [0.25, 0.3) is 32.9 Å². The first kappa shape index (κ1) is 16.4. The van der Waals surface area contributed by atoms with E-state index >= 15 is 0 Å². The van der Waals surface area contributed by atoms with E-state index in [4.69, 9.17) is 0 Å². The highest BCUT2D eigenvalue weighted by Gasteiger charge is 2.20. The van der Waals surface area contributed by atoms with Crippen molar-refractivity contribution >= 4 is 27.6 Å². The highest BCUT2D eigenvalue weighted by atomic mass is 16.2. The van der Waals surface area contributed by atoms with E-state index in [-0.39, 0.29) is 5.91 Å². The Morgan fingerprint density at radius 1 is 0.885 bits per heavy atom. The average molecular weight is 342 g/mol. The molecule has 0 bridgehead atoms. The molecule has 0 atom stereocenters. The third-order valence-electron chi connectivity index (χ3n) is 5.01. The van der Waals surface area contributed by atoms with E-state index in [1.807, 2.05) is 55.1 Å². The lowest BCUT2D eigenvalue weighted by molar-refractivity contribution is 0.0774. The van der Waals surface area contributed by atoms with Gasteiger partial charge in [0.05, 0.1) is 0 Å². The van der Waals surface area contributed by atoms with E-state index < -0.39 is 0 Å². The maximum absolute atomic E-state index is 13.2. The van der Waals surface area contributed by atoms with Crippen LogP contribution in [0.4, 0.5) is 0 Å². The average Bonchev–Trinajstić information content (AvgIpc) is 3.11. The molecule has 4 aromatic rings. The molecule has 0 radical (unpaired) electrons. The number of carbonyl (C=O) groups is 1.